The summed E-state index contributed by atoms with van der Waals surface area (Å²) in [7, 11) is 0. The molecule has 0 unspecified atom stereocenters. The number of halogens is 2. The topological polar surface area (TPSA) is 44.1 Å². The molecule has 0 aliphatic carbocycles. The van der Waals surface area contributed by atoms with Gasteiger partial charge in [0.15, 0.2) is 0 Å². The van der Waals surface area contributed by atoms with Gasteiger partial charge in [0.1, 0.15) is 11.6 Å². The summed E-state index contributed by atoms with van der Waals surface area (Å²) in [5.41, 5.74) is 0.302. The van der Waals surface area contributed by atoms with E-state index >= 15 is 0 Å². The van der Waals surface area contributed by atoms with Crippen molar-refractivity contribution >= 4 is 5.97 Å². The molecule has 0 atom stereocenters. The summed E-state index contributed by atoms with van der Waals surface area (Å²) in [6.07, 6.45) is 1.60. The number of benzene rings is 2. The van der Waals surface area contributed by atoms with Crippen LogP contribution < -0.4 is 4.74 Å². The van der Waals surface area contributed by atoms with Crippen LogP contribution in [0.4, 0.5) is 8.78 Å². The van der Waals surface area contributed by atoms with E-state index in [9.17, 15) is 13.6 Å². The highest BCUT2D eigenvalue weighted by molar-refractivity contribution is 5.91. The maximum Gasteiger partial charge on any atom is 0.348 e. The van der Waals surface area contributed by atoms with Crippen molar-refractivity contribution in [3.05, 3.63) is 78.0 Å². The molecule has 3 rings (SSSR count). The first kappa shape index (κ1) is 13.9. The molecule has 0 amide bonds. The first-order chi connectivity index (χ1) is 10.6. The van der Waals surface area contributed by atoms with Gasteiger partial charge in [-0.2, -0.15) is 0 Å². The molecule has 110 valence electrons. The SMILES string of the molecule is O=C(Oc1ccn(-c2ccccc2)n1)c1cc(F)ccc1F. The molecule has 3 aromatic rings. The van der Waals surface area contributed by atoms with Crippen molar-refractivity contribution in [3.63, 3.8) is 0 Å². The van der Waals surface area contributed by atoms with Crippen LogP contribution in [-0.4, -0.2) is 15.7 Å². The second kappa shape index (κ2) is 5.77. The number of ether oxygens (including phenoxy) is 1. The Morgan fingerprint density at radius 2 is 1.82 bits per heavy atom. The second-order valence-corrected chi connectivity index (χ2v) is 4.45. The number of carbonyl (C=O) groups is 1. The summed E-state index contributed by atoms with van der Waals surface area (Å²) in [6.45, 7) is 0. The number of esters is 1. The van der Waals surface area contributed by atoms with Gasteiger partial charge in [-0.1, -0.05) is 18.2 Å². The summed E-state index contributed by atoms with van der Waals surface area (Å²) in [5.74, 6) is -2.58. The van der Waals surface area contributed by atoms with E-state index in [0.29, 0.717) is 0 Å². The van der Waals surface area contributed by atoms with Crippen LogP contribution in [0.5, 0.6) is 5.88 Å². The van der Waals surface area contributed by atoms with Crippen LogP contribution in [0.25, 0.3) is 5.69 Å². The molecule has 0 fully saturated rings. The Bertz CT molecular complexity index is 816. The molecule has 0 aliphatic heterocycles. The van der Waals surface area contributed by atoms with Gasteiger partial charge in [0.25, 0.3) is 0 Å². The number of rotatable bonds is 3. The van der Waals surface area contributed by atoms with E-state index in [4.69, 9.17) is 4.74 Å². The monoisotopic (exact) mass is 300 g/mol. The van der Waals surface area contributed by atoms with Gasteiger partial charge >= 0.3 is 5.97 Å². The Balaban J connectivity index is 1.81. The molecular formula is C16H10F2N2O2. The molecule has 22 heavy (non-hydrogen) atoms. The number of hydrogen-bond acceptors (Lipinski definition) is 3. The molecule has 0 saturated carbocycles. The lowest BCUT2D eigenvalue weighted by atomic mass is 10.2. The minimum atomic E-state index is -1.00. The third-order valence-corrected chi connectivity index (χ3v) is 2.93. The van der Waals surface area contributed by atoms with Crippen molar-refractivity contribution in [1.29, 1.82) is 0 Å². The molecule has 1 aromatic heterocycles. The van der Waals surface area contributed by atoms with Crippen molar-refractivity contribution in [2.45, 2.75) is 0 Å². The zero-order chi connectivity index (χ0) is 15.5. The van der Waals surface area contributed by atoms with Crippen LogP contribution in [-0.2, 0) is 0 Å². The Morgan fingerprint density at radius 1 is 1.05 bits per heavy atom. The second-order valence-electron chi connectivity index (χ2n) is 4.45. The highest BCUT2D eigenvalue weighted by atomic mass is 19.1. The largest absolute Gasteiger partial charge is 0.402 e. The first-order valence-electron chi connectivity index (χ1n) is 6.42. The summed E-state index contributed by atoms with van der Waals surface area (Å²) in [4.78, 5) is 11.9. The maximum atomic E-state index is 13.5. The van der Waals surface area contributed by atoms with E-state index < -0.39 is 23.2 Å². The Morgan fingerprint density at radius 3 is 2.59 bits per heavy atom. The van der Waals surface area contributed by atoms with Crippen LogP contribution in [0.1, 0.15) is 10.4 Å². The molecule has 0 N–H and O–H groups in total. The molecule has 0 spiro atoms. The molecule has 1 heterocycles. The van der Waals surface area contributed by atoms with Crippen molar-refractivity contribution in [2.75, 3.05) is 0 Å². The minimum absolute atomic E-state index is 0.00230. The fraction of sp³-hybridized carbons (Fsp3) is 0. The van der Waals surface area contributed by atoms with Gasteiger partial charge in [0.05, 0.1) is 11.3 Å². The zero-order valence-corrected chi connectivity index (χ0v) is 11.2. The average molecular weight is 300 g/mol. The van der Waals surface area contributed by atoms with Crippen LogP contribution in [0.15, 0.2) is 60.8 Å². The maximum absolute atomic E-state index is 13.5. The van der Waals surface area contributed by atoms with Crippen molar-refractivity contribution in [3.8, 4) is 11.6 Å². The van der Waals surface area contributed by atoms with Crippen molar-refractivity contribution < 1.29 is 18.3 Å². The molecule has 2 aromatic carbocycles. The minimum Gasteiger partial charge on any atom is -0.402 e. The molecule has 4 nitrogen and oxygen atoms in total. The van der Waals surface area contributed by atoms with Gasteiger partial charge in [0.2, 0.25) is 5.88 Å². The van der Waals surface area contributed by atoms with Crippen molar-refractivity contribution in [1.82, 2.24) is 9.78 Å². The molecule has 0 radical (unpaired) electrons. The van der Waals surface area contributed by atoms with E-state index in [1.807, 2.05) is 30.3 Å². The van der Waals surface area contributed by atoms with E-state index in [2.05, 4.69) is 5.10 Å². The standard InChI is InChI=1S/C16H10F2N2O2/c17-11-6-7-14(18)13(10-11)16(21)22-15-8-9-20(19-15)12-4-2-1-3-5-12/h1-10H. The van der Waals surface area contributed by atoms with Gasteiger partial charge in [-0.05, 0) is 30.3 Å². The fourth-order valence-electron chi connectivity index (χ4n) is 1.89. The highest BCUT2D eigenvalue weighted by Crippen LogP contribution is 2.15. The number of carbonyl (C=O) groups excluding carboxylic acids is 1. The molecule has 0 aliphatic rings. The smallest absolute Gasteiger partial charge is 0.348 e. The van der Waals surface area contributed by atoms with Gasteiger partial charge in [-0.3, -0.25) is 0 Å². The van der Waals surface area contributed by atoms with Crippen molar-refractivity contribution in [2.24, 2.45) is 0 Å². The van der Waals surface area contributed by atoms with Gasteiger partial charge < -0.3 is 4.74 Å². The van der Waals surface area contributed by atoms with Gasteiger partial charge in [-0.15, -0.1) is 5.10 Å². The Kier molecular flexibility index (Phi) is 3.65. The third kappa shape index (κ3) is 2.85. The third-order valence-electron chi connectivity index (χ3n) is 2.93. The Hall–Kier alpha value is -3.02. The summed E-state index contributed by atoms with van der Waals surface area (Å²) in [5, 5.41) is 4.06. The van der Waals surface area contributed by atoms with E-state index in [1.54, 1.807) is 6.20 Å². The zero-order valence-electron chi connectivity index (χ0n) is 11.2. The lowest BCUT2D eigenvalue weighted by molar-refractivity contribution is 0.0721. The van der Waals surface area contributed by atoms with E-state index in [-0.39, 0.29) is 5.88 Å². The molecular weight excluding hydrogens is 290 g/mol. The summed E-state index contributed by atoms with van der Waals surface area (Å²) >= 11 is 0. The molecule has 0 saturated heterocycles. The molecule has 0 bridgehead atoms. The fourth-order valence-corrected chi connectivity index (χ4v) is 1.89. The lowest BCUT2D eigenvalue weighted by Crippen LogP contribution is -2.11. The number of hydrogen-bond donors (Lipinski definition) is 0. The van der Waals surface area contributed by atoms with Gasteiger partial charge in [0, 0.05) is 12.3 Å². The van der Waals surface area contributed by atoms with Gasteiger partial charge in [-0.25, -0.2) is 18.3 Å². The van der Waals surface area contributed by atoms with Crippen LogP contribution in [0, 0.1) is 11.6 Å². The quantitative estimate of drug-likeness (QED) is 0.697. The predicted octanol–water partition coefficient (Wildman–Crippen LogP) is 3.37. The number of nitrogens with zero attached hydrogens (tertiary/aromatic N) is 2. The normalized spacial score (nSPS) is 10.5. The number of aromatic nitrogens is 2. The molecule has 6 heteroatoms. The van der Waals surface area contributed by atoms with E-state index in [0.717, 1.165) is 23.9 Å². The van der Waals surface area contributed by atoms with Crippen LogP contribution in [0.3, 0.4) is 0 Å². The van der Waals surface area contributed by atoms with E-state index in [1.165, 1.54) is 10.7 Å². The van der Waals surface area contributed by atoms with Crippen LogP contribution in [0.2, 0.25) is 0 Å². The number of para-hydroxylation sites is 1. The lowest BCUT2D eigenvalue weighted by Gasteiger charge is -2.03. The summed E-state index contributed by atoms with van der Waals surface area (Å²) in [6, 6.07) is 13.2. The highest BCUT2D eigenvalue weighted by Gasteiger charge is 2.16. The van der Waals surface area contributed by atoms with Crippen LogP contribution >= 0.6 is 0 Å². The first-order valence-corrected chi connectivity index (χ1v) is 6.42. The predicted molar refractivity (Wildman–Crippen MR) is 74.9 cm³/mol. The summed E-state index contributed by atoms with van der Waals surface area (Å²) < 4.78 is 33.0. The Labute approximate surface area is 124 Å². The average Bonchev–Trinajstić information content (AvgIpc) is 2.99.